The summed E-state index contributed by atoms with van der Waals surface area (Å²) in [4.78, 5) is 11.5. The fraction of sp³-hybridized carbons (Fsp3) is 0.909. The van der Waals surface area contributed by atoms with E-state index in [1.54, 1.807) is 0 Å². The second kappa shape index (κ2) is 5.21. The zero-order chi connectivity index (χ0) is 11.5. The lowest BCUT2D eigenvalue weighted by Gasteiger charge is -2.17. The molecule has 0 spiro atoms. The van der Waals surface area contributed by atoms with E-state index in [1.807, 2.05) is 25.6 Å². The minimum absolute atomic E-state index is 0.0190. The third-order valence-electron chi connectivity index (χ3n) is 3.13. The summed E-state index contributed by atoms with van der Waals surface area (Å²) in [6.07, 6.45) is 5.01. The van der Waals surface area contributed by atoms with Crippen LogP contribution in [0.25, 0.3) is 0 Å². The van der Waals surface area contributed by atoms with Gasteiger partial charge in [0.25, 0.3) is 0 Å². The zero-order valence-electron chi connectivity index (χ0n) is 9.88. The highest BCUT2D eigenvalue weighted by Gasteiger charge is 2.41. The van der Waals surface area contributed by atoms with Gasteiger partial charge in [-0.2, -0.15) is 11.8 Å². The average molecular weight is 230 g/mol. The number of rotatable bonds is 6. The van der Waals surface area contributed by atoms with Gasteiger partial charge in [0.15, 0.2) is 0 Å². The molecule has 1 aliphatic carbocycles. The van der Waals surface area contributed by atoms with Gasteiger partial charge in [-0.3, -0.25) is 4.79 Å². The molecule has 1 aliphatic rings. The van der Waals surface area contributed by atoms with Gasteiger partial charge >= 0.3 is 0 Å². The number of amides is 1. The van der Waals surface area contributed by atoms with Crippen molar-refractivity contribution in [2.75, 3.05) is 12.8 Å². The van der Waals surface area contributed by atoms with Crippen molar-refractivity contribution in [1.29, 1.82) is 0 Å². The van der Waals surface area contributed by atoms with Crippen LogP contribution in [0.3, 0.4) is 0 Å². The van der Waals surface area contributed by atoms with Gasteiger partial charge in [-0.25, -0.2) is 0 Å². The zero-order valence-corrected chi connectivity index (χ0v) is 10.7. The van der Waals surface area contributed by atoms with Gasteiger partial charge in [0.2, 0.25) is 5.91 Å². The highest BCUT2D eigenvalue weighted by Crippen LogP contribution is 2.46. The van der Waals surface area contributed by atoms with E-state index >= 15 is 0 Å². The molecule has 1 atom stereocenters. The van der Waals surface area contributed by atoms with Crippen LogP contribution in [0.5, 0.6) is 0 Å². The molecule has 0 aromatic heterocycles. The molecule has 0 heterocycles. The lowest BCUT2D eigenvalue weighted by Crippen LogP contribution is -2.37. The molecule has 3 N–H and O–H groups in total. The summed E-state index contributed by atoms with van der Waals surface area (Å²) in [7, 11) is 0. The molecule has 88 valence electrons. The third kappa shape index (κ3) is 4.03. The summed E-state index contributed by atoms with van der Waals surface area (Å²) in [5.41, 5.74) is 5.84. The SMILES string of the molecule is CSC1(CNC(=O)CC(N)C(C)C)CC1. The van der Waals surface area contributed by atoms with E-state index in [9.17, 15) is 4.79 Å². The van der Waals surface area contributed by atoms with Gasteiger partial charge in [0, 0.05) is 23.8 Å². The van der Waals surface area contributed by atoms with Crippen molar-refractivity contribution >= 4 is 17.7 Å². The summed E-state index contributed by atoms with van der Waals surface area (Å²) >= 11 is 1.86. The lowest BCUT2D eigenvalue weighted by atomic mass is 10.0. The molecule has 3 nitrogen and oxygen atoms in total. The molecular formula is C11H22N2OS. The molecule has 0 radical (unpaired) electrons. The molecule has 1 rings (SSSR count). The maximum Gasteiger partial charge on any atom is 0.221 e. The maximum absolute atomic E-state index is 11.5. The highest BCUT2D eigenvalue weighted by molar-refractivity contribution is 8.00. The van der Waals surface area contributed by atoms with Gasteiger partial charge in [-0.15, -0.1) is 0 Å². The molecule has 4 heteroatoms. The Morgan fingerprint density at radius 2 is 2.13 bits per heavy atom. The van der Waals surface area contributed by atoms with Crippen molar-refractivity contribution in [2.45, 2.75) is 43.9 Å². The number of hydrogen-bond donors (Lipinski definition) is 2. The first-order valence-corrected chi connectivity index (χ1v) is 6.79. The maximum atomic E-state index is 11.5. The molecule has 0 aromatic rings. The molecule has 0 aromatic carbocycles. The molecule has 0 bridgehead atoms. The Balaban J connectivity index is 2.19. The van der Waals surface area contributed by atoms with Crippen LogP contribution in [-0.4, -0.2) is 29.5 Å². The van der Waals surface area contributed by atoms with E-state index in [-0.39, 0.29) is 11.9 Å². The fourth-order valence-electron chi connectivity index (χ4n) is 1.37. The molecule has 1 saturated carbocycles. The minimum Gasteiger partial charge on any atom is -0.355 e. The average Bonchev–Trinajstić information content (AvgIpc) is 2.95. The van der Waals surface area contributed by atoms with Crippen LogP contribution in [0.2, 0.25) is 0 Å². The van der Waals surface area contributed by atoms with Crippen LogP contribution in [0, 0.1) is 5.92 Å². The van der Waals surface area contributed by atoms with Crippen molar-refractivity contribution in [2.24, 2.45) is 11.7 Å². The normalized spacial score (nSPS) is 20.1. The number of nitrogens with one attached hydrogen (secondary N) is 1. The molecular weight excluding hydrogens is 208 g/mol. The van der Waals surface area contributed by atoms with E-state index in [0.29, 0.717) is 17.1 Å². The van der Waals surface area contributed by atoms with Crippen LogP contribution in [0.4, 0.5) is 0 Å². The molecule has 0 aliphatic heterocycles. The summed E-state index contributed by atoms with van der Waals surface area (Å²) in [6.45, 7) is 4.89. The van der Waals surface area contributed by atoms with E-state index in [1.165, 1.54) is 12.8 Å². The predicted octanol–water partition coefficient (Wildman–Crippen LogP) is 1.37. The largest absolute Gasteiger partial charge is 0.355 e. The summed E-state index contributed by atoms with van der Waals surface area (Å²) in [5, 5.41) is 2.98. The number of nitrogens with two attached hydrogens (primary N) is 1. The first-order valence-electron chi connectivity index (χ1n) is 5.56. The quantitative estimate of drug-likeness (QED) is 0.724. The van der Waals surface area contributed by atoms with Crippen molar-refractivity contribution in [3.8, 4) is 0 Å². The Labute approximate surface area is 96.6 Å². The number of carbonyl (C=O) groups is 1. The second-order valence-corrected chi connectivity index (χ2v) is 6.05. The monoisotopic (exact) mass is 230 g/mol. The first kappa shape index (κ1) is 12.8. The predicted molar refractivity (Wildman–Crippen MR) is 65.9 cm³/mol. The Kier molecular flexibility index (Phi) is 4.46. The fourth-order valence-corrected chi connectivity index (χ4v) is 2.10. The van der Waals surface area contributed by atoms with E-state index in [4.69, 9.17) is 5.73 Å². The Morgan fingerprint density at radius 3 is 2.53 bits per heavy atom. The molecule has 0 saturated heterocycles. The Hall–Kier alpha value is -0.220. The topological polar surface area (TPSA) is 55.1 Å². The summed E-state index contributed by atoms with van der Waals surface area (Å²) in [5.74, 6) is 0.461. The smallest absolute Gasteiger partial charge is 0.221 e. The summed E-state index contributed by atoms with van der Waals surface area (Å²) < 4.78 is 0.345. The third-order valence-corrected chi connectivity index (χ3v) is 4.54. The van der Waals surface area contributed by atoms with Gasteiger partial charge in [0.1, 0.15) is 0 Å². The van der Waals surface area contributed by atoms with Crippen LogP contribution in [-0.2, 0) is 4.79 Å². The number of carbonyl (C=O) groups excluding carboxylic acids is 1. The van der Waals surface area contributed by atoms with E-state index in [2.05, 4.69) is 11.6 Å². The molecule has 1 fully saturated rings. The van der Waals surface area contributed by atoms with Crippen LogP contribution < -0.4 is 11.1 Å². The van der Waals surface area contributed by atoms with Crippen LogP contribution in [0.15, 0.2) is 0 Å². The molecule has 1 amide bonds. The van der Waals surface area contributed by atoms with Crippen molar-refractivity contribution in [3.63, 3.8) is 0 Å². The van der Waals surface area contributed by atoms with Crippen molar-refractivity contribution in [1.82, 2.24) is 5.32 Å². The van der Waals surface area contributed by atoms with Gasteiger partial charge in [0.05, 0.1) is 0 Å². The minimum atomic E-state index is -0.0190. The van der Waals surface area contributed by atoms with E-state index < -0.39 is 0 Å². The standard InChI is InChI=1S/C11H22N2OS/c1-8(2)9(12)6-10(14)13-7-11(15-3)4-5-11/h8-9H,4-7,12H2,1-3H3,(H,13,14). The summed E-state index contributed by atoms with van der Waals surface area (Å²) in [6, 6.07) is -0.0190. The molecule has 15 heavy (non-hydrogen) atoms. The molecule has 1 unspecified atom stereocenters. The number of thioether (sulfide) groups is 1. The number of hydrogen-bond acceptors (Lipinski definition) is 3. The Bertz CT molecular complexity index is 227. The lowest BCUT2D eigenvalue weighted by molar-refractivity contribution is -0.121. The van der Waals surface area contributed by atoms with Crippen molar-refractivity contribution in [3.05, 3.63) is 0 Å². The van der Waals surface area contributed by atoms with Gasteiger partial charge in [-0.1, -0.05) is 13.8 Å². The highest BCUT2D eigenvalue weighted by atomic mass is 32.2. The van der Waals surface area contributed by atoms with E-state index in [0.717, 1.165) is 6.54 Å². The second-order valence-electron chi connectivity index (χ2n) is 4.78. The van der Waals surface area contributed by atoms with Crippen molar-refractivity contribution < 1.29 is 4.79 Å². The van der Waals surface area contributed by atoms with Gasteiger partial charge < -0.3 is 11.1 Å². The van der Waals surface area contributed by atoms with Gasteiger partial charge in [-0.05, 0) is 25.0 Å². The van der Waals surface area contributed by atoms with Crippen LogP contribution in [0.1, 0.15) is 33.1 Å². The first-order chi connectivity index (χ1) is 6.99. The van der Waals surface area contributed by atoms with Crippen LogP contribution >= 0.6 is 11.8 Å². The Morgan fingerprint density at radius 1 is 1.53 bits per heavy atom.